The molecule has 0 heterocycles. The van der Waals surface area contributed by atoms with E-state index >= 15 is 0 Å². The van der Waals surface area contributed by atoms with Gasteiger partial charge < -0.3 is 5.11 Å². The zero-order chi connectivity index (χ0) is 14.5. The molecule has 0 aromatic heterocycles. The Morgan fingerprint density at radius 1 is 1.15 bits per heavy atom. The summed E-state index contributed by atoms with van der Waals surface area (Å²) >= 11 is 3.51. The third kappa shape index (κ3) is 2.52. The molecule has 0 amide bonds. The summed E-state index contributed by atoms with van der Waals surface area (Å²) in [6, 6.07) is 4.21. The first-order valence-corrected chi connectivity index (χ1v) is 8.66. The van der Waals surface area contributed by atoms with Crippen LogP contribution in [0.3, 0.4) is 0 Å². The van der Waals surface area contributed by atoms with Crippen LogP contribution >= 0.6 is 15.9 Å². The number of benzene rings is 1. The van der Waals surface area contributed by atoms with E-state index in [1.54, 1.807) is 0 Å². The van der Waals surface area contributed by atoms with E-state index in [1.165, 1.54) is 37.7 Å². The van der Waals surface area contributed by atoms with E-state index in [9.17, 15) is 5.11 Å². The highest BCUT2D eigenvalue weighted by Crippen LogP contribution is 2.53. The van der Waals surface area contributed by atoms with Crippen molar-refractivity contribution in [3.05, 3.63) is 27.7 Å². The summed E-state index contributed by atoms with van der Waals surface area (Å²) in [5, 5.41) is 10.5. The highest BCUT2D eigenvalue weighted by molar-refractivity contribution is 9.10. The van der Waals surface area contributed by atoms with E-state index in [0.29, 0.717) is 5.75 Å². The molecule has 2 atom stereocenters. The van der Waals surface area contributed by atoms with Crippen molar-refractivity contribution >= 4 is 15.9 Å². The first-order valence-electron chi connectivity index (χ1n) is 7.87. The van der Waals surface area contributed by atoms with Gasteiger partial charge in [0.2, 0.25) is 0 Å². The van der Waals surface area contributed by atoms with Crippen LogP contribution < -0.4 is 0 Å². The second-order valence-corrected chi connectivity index (χ2v) is 8.51. The topological polar surface area (TPSA) is 20.2 Å². The average molecular weight is 337 g/mol. The predicted molar refractivity (Wildman–Crippen MR) is 87.1 cm³/mol. The summed E-state index contributed by atoms with van der Waals surface area (Å²) in [4.78, 5) is 0. The van der Waals surface area contributed by atoms with E-state index in [2.05, 4.69) is 42.8 Å². The lowest BCUT2D eigenvalue weighted by Crippen LogP contribution is -2.38. The van der Waals surface area contributed by atoms with Gasteiger partial charge in [0.05, 0.1) is 4.47 Å². The van der Waals surface area contributed by atoms with Crippen LogP contribution in [0.1, 0.15) is 57.1 Å². The highest BCUT2D eigenvalue weighted by Gasteiger charge is 2.43. The van der Waals surface area contributed by atoms with Gasteiger partial charge in [-0.2, -0.15) is 0 Å². The van der Waals surface area contributed by atoms with Gasteiger partial charge in [-0.3, -0.25) is 0 Å². The van der Waals surface area contributed by atoms with E-state index in [1.807, 2.05) is 6.07 Å². The molecule has 0 aliphatic heterocycles. The summed E-state index contributed by atoms with van der Waals surface area (Å²) in [6.45, 7) is 6.88. The molecule has 2 fully saturated rings. The summed E-state index contributed by atoms with van der Waals surface area (Å²) in [7, 11) is 0. The molecule has 2 unspecified atom stereocenters. The van der Waals surface area contributed by atoms with Crippen LogP contribution in [0.5, 0.6) is 5.75 Å². The number of phenolic OH excluding ortho intramolecular Hbond substituents is 1. The number of hydrogen-bond donors (Lipinski definition) is 1. The molecule has 2 aliphatic rings. The molecule has 2 saturated carbocycles. The Labute approximate surface area is 130 Å². The Hall–Kier alpha value is -0.500. The molecule has 2 aliphatic carbocycles. The van der Waals surface area contributed by atoms with Gasteiger partial charge in [-0.25, -0.2) is 0 Å². The highest BCUT2D eigenvalue weighted by atomic mass is 79.9. The van der Waals surface area contributed by atoms with Crippen molar-refractivity contribution in [3.63, 3.8) is 0 Å². The molecular formula is C18H25BrO. The van der Waals surface area contributed by atoms with Crippen LogP contribution in [-0.2, 0) is 5.41 Å². The normalized spacial score (nSPS) is 36.9. The van der Waals surface area contributed by atoms with Crippen LogP contribution in [0, 0.1) is 24.7 Å². The number of fused-ring (bicyclic) bond motifs is 2. The number of hydrogen-bond acceptors (Lipinski definition) is 1. The van der Waals surface area contributed by atoms with Gasteiger partial charge >= 0.3 is 0 Å². The molecule has 0 saturated heterocycles. The summed E-state index contributed by atoms with van der Waals surface area (Å²) in [5.41, 5.74) is 2.54. The summed E-state index contributed by atoms with van der Waals surface area (Å²) in [6.07, 6.45) is 6.63. The Morgan fingerprint density at radius 2 is 1.75 bits per heavy atom. The van der Waals surface area contributed by atoms with Crippen molar-refractivity contribution < 1.29 is 5.11 Å². The molecule has 20 heavy (non-hydrogen) atoms. The van der Waals surface area contributed by atoms with Crippen molar-refractivity contribution in [1.82, 2.24) is 0 Å². The van der Waals surface area contributed by atoms with Gasteiger partial charge in [0.25, 0.3) is 0 Å². The van der Waals surface area contributed by atoms with Crippen LogP contribution in [0.4, 0.5) is 0 Å². The number of aromatic hydroxyl groups is 1. The van der Waals surface area contributed by atoms with Crippen LogP contribution in [0.15, 0.2) is 16.6 Å². The molecule has 1 nitrogen and oxygen atoms in total. The largest absolute Gasteiger partial charge is 0.506 e. The number of rotatable bonds is 1. The molecule has 3 rings (SSSR count). The summed E-state index contributed by atoms with van der Waals surface area (Å²) in [5.74, 6) is 3.05. The first kappa shape index (κ1) is 14.4. The lowest BCUT2D eigenvalue weighted by molar-refractivity contribution is 0.0886. The zero-order valence-electron chi connectivity index (χ0n) is 12.7. The third-order valence-corrected chi connectivity index (χ3v) is 6.08. The standard InChI is InChI=1S/C18H25BrO/c1-11-4-13-8-14(5-11)10-18(3,9-13)15-6-12(2)7-16(19)17(15)20/h6-7,11,13-14,20H,4-5,8-10H2,1-3H3. The molecule has 2 heteroatoms. The van der Waals surface area contributed by atoms with Gasteiger partial charge in [-0.05, 0) is 89.8 Å². The van der Waals surface area contributed by atoms with Gasteiger partial charge in [-0.1, -0.05) is 19.9 Å². The fourth-order valence-corrected chi connectivity index (χ4v) is 5.58. The maximum atomic E-state index is 10.5. The zero-order valence-corrected chi connectivity index (χ0v) is 14.3. The smallest absolute Gasteiger partial charge is 0.133 e. The van der Waals surface area contributed by atoms with Crippen LogP contribution in [0.2, 0.25) is 0 Å². The van der Waals surface area contributed by atoms with Crippen molar-refractivity contribution in [2.75, 3.05) is 0 Å². The molecule has 1 N–H and O–H groups in total. The Kier molecular flexibility index (Phi) is 3.64. The van der Waals surface area contributed by atoms with Gasteiger partial charge in [0, 0.05) is 5.56 Å². The fourth-order valence-electron chi connectivity index (χ4n) is 5.00. The Bertz CT molecular complexity index is 504. The van der Waals surface area contributed by atoms with E-state index < -0.39 is 0 Å². The fraction of sp³-hybridized carbons (Fsp3) is 0.667. The number of aryl methyl sites for hydroxylation is 1. The Balaban J connectivity index is 1.97. The van der Waals surface area contributed by atoms with Crippen molar-refractivity contribution in [3.8, 4) is 5.75 Å². The first-order chi connectivity index (χ1) is 9.37. The Morgan fingerprint density at radius 3 is 2.35 bits per heavy atom. The lowest BCUT2D eigenvalue weighted by atomic mass is 9.57. The maximum absolute atomic E-state index is 10.5. The molecule has 110 valence electrons. The monoisotopic (exact) mass is 336 g/mol. The molecule has 0 spiro atoms. The minimum Gasteiger partial charge on any atom is -0.506 e. The van der Waals surface area contributed by atoms with Gasteiger partial charge in [-0.15, -0.1) is 0 Å². The van der Waals surface area contributed by atoms with E-state index in [-0.39, 0.29) is 5.41 Å². The summed E-state index contributed by atoms with van der Waals surface area (Å²) < 4.78 is 0.845. The quantitative estimate of drug-likeness (QED) is 0.710. The molecule has 1 aromatic carbocycles. The number of halogens is 1. The second-order valence-electron chi connectivity index (χ2n) is 7.66. The molecular weight excluding hydrogens is 312 g/mol. The van der Waals surface area contributed by atoms with Crippen LogP contribution in [0.25, 0.3) is 0 Å². The molecule has 0 radical (unpaired) electrons. The molecule has 1 aromatic rings. The molecule has 2 bridgehead atoms. The van der Waals surface area contributed by atoms with E-state index in [0.717, 1.165) is 27.8 Å². The minimum absolute atomic E-state index is 0.145. The van der Waals surface area contributed by atoms with E-state index in [4.69, 9.17) is 0 Å². The van der Waals surface area contributed by atoms with Crippen molar-refractivity contribution in [2.24, 2.45) is 17.8 Å². The van der Waals surface area contributed by atoms with Crippen LogP contribution in [-0.4, -0.2) is 5.11 Å². The number of phenols is 1. The lowest BCUT2D eigenvalue weighted by Gasteiger charge is -2.47. The maximum Gasteiger partial charge on any atom is 0.133 e. The van der Waals surface area contributed by atoms with Gasteiger partial charge in [0.15, 0.2) is 0 Å². The third-order valence-electron chi connectivity index (χ3n) is 5.47. The minimum atomic E-state index is 0.145. The van der Waals surface area contributed by atoms with Gasteiger partial charge in [0.1, 0.15) is 5.75 Å². The average Bonchev–Trinajstić information content (AvgIpc) is 2.31. The SMILES string of the molecule is Cc1cc(Br)c(O)c(C2(C)CC3CC(C)CC(C3)C2)c1. The van der Waals surface area contributed by atoms with Crippen molar-refractivity contribution in [1.29, 1.82) is 0 Å². The second kappa shape index (κ2) is 5.05. The van der Waals surface area contributed by atoms with Crippen molar-refractivity contribution in [2.45, 2.75) is 58.3 Å². The predicted octanol–water partition coefficient (Wildman–Crippen LogP) is 5.57.